The molecule has 0 saturated carbocycles. The lowest BCUT2D eigenvalue weighted by Crippen LogP contribution is -2.49. The van der Waals surface area contributed by atoms with E-state index in [9.17, 15) is 14.7 Å². The second kappa shape index (κ2) is 5.05. The minimum atomic E-state index is -1.50. The molecule has 1 N–H and O–H groups in total. The van der Waals surface area contributed by atoms with Crippen LogP contribution in [0.5, 0.6) is 0 Å². The highest BCUT2D eigenvalue weighted by Gasteiger charge is 2.49. The third-order valence-corrected chi connectivity index (χ3v) is 4.53. The van der Waals surface area contributed by atoms with Crippen LogP contribution in [0.1, 0.15) is 17.8 Å². The molecule has 1 aromatic heterocycles. The summed E-state index contributed by atoms with van der Waals surface area (Å²) in [4.78, 5) is 23.7. The fourth-order valence-corrected chi connectivity index (χ4v) is 2.77. The second-order valence-electron chi connectivity index (χ2n) is 4.76. The molecule has 0 bridgehead atoms. The van der Waals surface area contributed by atoms with Crippen molar-refractivity contribution in [2.24, 2.45) is 12.5 Å². The van der Waals surface area contributed by atoms with Crippen LogP contribution < -0.4 is 0 Å². The smallest absolute Gasteiger partial charge is 0.319 e. The number of carboxylic acid groups (broad SMARTS) is 1. The Morgan fingerprint density at radius 1 is 1.63 bits per heavy atom. The number of carbonyl (C=O) groups is 2. The molecule has 0 aliphatic carbocycles. The molecule has 0 amide bonds. The quantitative estimate of drug-likeness (QED) is 0.839. The molecule has 0 radical (unpaired) electrons. The third kappa shape index (κ3) is 2.32. The summed E-state index contributed by atoms with van der Waals surface area (Å²) in [5, 5.41) is 13.7. The molecular formula is C12H15BrN2O4. The molecule has 0 aromatic carbocycles. The van der Waals surface area contributed by atoms with E-state index in [-0.39, 0.29) is 25.2 Å². The number of rotatable bonds is 3. The molecule has 1 aromatic rings. The van der Waals surface area contributed by atoms with Crippen molar-refractivity contribution in [1.29, 1.82) is 0 Å². The number of aliphatic carboxylic acids is 1. The Kier molecular flexibility index (Phi) is 3.78. The molecule has 7 heteroatoms. The van der Waals surface area contributed by atoms with Crippen LogP contribution in [-0.2, 0) is 27.8 Å². The van der Waals surface area contributed by atoms with Crippen LogP contribution in [0.2, 0.25) is 0 Å². The van der Waals surface area contributed by atoms with E-state index in [2.05, 4.69) is 21.0 Å². The van der Waals surface area contributed by atoms with Gasteiger partial charge >= 0.3 is 5.97 Å². The molecule has 1 atom stereocenters. The fourth-order valence-electron chi connectivity index (χ4n) is 2.30. The van der Waals surface area contributed by atoms with E-state index in [1.165, 1.54) is 0 Å². The summed E-state index contributed by atoms with van der Waals surface area (Å²) in [6.07, 6.45) is 0.222. The second-order valence-corrected chi connectivity index (χ2v) is 5.55. The van der Waals surface area contributed by atoms with Gasteiger partial charge in [0.25, 0.3) is 0 Å². The SMILES string of the molecule is Cc1nn(C)c(CC2(C(=O)O)COCCC2=O)c1Br. The van der Waals surface area contributed by atoms with Gasteiger partial charge in [0.05, 0.1) is 29.1 Å². The Morgan fingerprint density at radius 3 is 2.79 bits per heavy atom. The van der Waals surface area contributed by atoms with Crippen LogP contribution in [-0.4, -0.2) is 39.9 Å². The lowest BCUT2D eigenvalue weighted by atomic mass is 9.77. The molecule has 19 heavy (non-hydrogen) atoms. The monoisotopic (exact) mass is 330 g/mol. The van der Waals surface area contributed by atoms with E-state index in [1.54, 1.807) is 11.7 Å². The largest absolute Gasteiger partial charge is 0.480 e. The number of carbonyl (C=O) groups excluding carboxylic acids is 1. The molecule has 1 saturated heterocycles. The number of aromatic nitrogens is 2. The first kappa shape index (κ1) is 14.2. The summed E-state index contributed by atoms with van der Waals surface area (Å²) in [5.41, 5.74) is -0.0398. The number of aryl methyl sites for hydroxylation is 2. The minimum absolute atomic E-state index is 0.0824. The highest BCUT2D eigenvalue weighted by molar-refractivity contribution is 9.10. The van der Waals surface area contributed by atoms with Crippen LogP contribution in [0.15, 0.2) is 4.47 Å². The average molecular weight is 331 g/mol. The minimum Gasteiger partial charge on any atom is -0.480 e. The summed E-state index contributed by atoms with van der Waals surface area (Å²) in [7, 11) is 1.73. The number of nitrogens with zero attached hydrogens (tertiary/aromatic N) is 2. The van der Waals surface area contributed by atoms with Crippen molar-refractivity contribution < 1.29 is 19.4 Å². The van der Waals surface area contributed by atoms with Gasteiger partial charge < -0.3 is 9.84 Å². The van der Waals surface area contributed by atoms with E-state index in [1.807, 2.05) is 6.92 Å². The van der Waals surface area contributed by atoms with Gasteiger partial charge in [-0.15, -0.1) is 0 Å². The molecule has 1 fully saturated rings. The zero-order valence-electron chi connectivity index (χ0n) is 10.8. The summed E-state index contributed by atoms with van der Waals surface area (Å²) in [5.74, 6) is -1.42. The van der Waals surface area contributed by atoms with Crippen molar-refractivity contribution in [1.82, 2.24) is 9.78 Å². The topological polar surface area (TPSA) is 81.4 Å². The lowest BCUT2D eigenvalue weighted by Gasteiger charge is -2.31. The van der Waals surface area contributed by atoms with Gasteiger partial charge in [0, 0.05) is 19.9 Å². The Morgan fingerprint density at radius 2 is 2.32 bits per heavy atom. The van der Waals surface area contributed by atoms with Gasteiger partial charge in [-0.25, -0.2) is 0 Å². The van der Waals surface area contributed by atoms with Gasteiger partial charge in [-0.2, -0.15) is 5.10 Å². The summed E-state index contributed by atoms with van der Waals surface area (Å²) < 4.78 is 7.58. The Hall–Kier alpha value is -1.21. The highest BCUT2D eigenvalue weighted by Crippen LogP contribution is 2.33. The molecule has 2 heterocycles. The Bertz CT molecular complexity index is 540. The standard InChI is InChI=1S/C12H15BrN2O4/c1-7-10(13)8(15(2)14-7)5-12(11(17)18)6-19-4-3-9(12)16/h3-6H2,1-2H3,(H,17,18). The first-order chi connectivity index (χ1) is 8.88. The van der Waals surface area contributed by atoms with E-state index in [4.69, 9.17) is 4.74 Å². The molecule has 0 spiro atoms. The average Bonchev–Trinajstić information content (AvgIpc) is 2.58. The number of hydrogen-bond donors (Lipinski definition) is 1. The summed E-state index contributed by atoms with van der Waals surface area (Å²) in [6, 6.07) is 0. The zero-order valence-corrected chi connectivity index (χ0v) is 12.4. The zero-order chi connectivity index (χ0) is 14.2. The van der Waals surface area contributed by atoms with E-state index < -0.39 is 11.4 Å². The fraction of sp³-hybridized carbons (Fsp3) is 0.583. The van der Waals surface area contributed by atoms with Crippen LogP contribution in [0, 0.1) is 12.3 Å². The van der Waals surface area contributed by atoms with Crippen molar-refractivity contribution in [2.45, 2.75) is 19.8 Å². The predicted molar refractivity (Wildman–Crippen MR) is 69.9 cm³/mol. The van der Waals surface area contributed by atoms with Crippen molar-refractivity contribution in [3.8, 4) is 0 Å². The van der Waals surface area contributed by atoms with Gasteiger partial charge in [-0.1, -0.05) is 0 Å². The maximum absolute atomic E-state index is 12.1. The van der Waals surface area contributed by atoms with Gasteiger partial charge in [0.1, 0.15) is 0 Å². The summed E-state index contributed by atoms with van der Waals surface area (Å²) in [6.45, 7) is 2.03. The van der Waals surface area contributed by atoms with Crippen LogP contribution in [0.25, 0.3) is 0 Å². The lowest BCUT2D eigenvalue weighted by molar-refractivity contribution is -0.164. The predicted octanol–water partition coefficient (Wildman–Crippen LogP) is 1.09. The highest BCUT2D eigenvalue weighted by atomic mass is 79.9. The normalized spacial score (nSPS) is 23.6. The van der Waals surface area contributed by atoms with Gasteiger partial charge in [-0.05, 0) is 22.9 Å². The molecule has 1 aliphatic heterocycles. The molecule has 1 unspecified atom stereocenters. The van der Waals surface area contributed by atoms with Crippen molar-refractivity contribution in [2.75, 3.05) is 13.2 Å². The molecular weight excluding hydrogens is 316 g/mol. The number of ether oxygens (including phenoxy) is 1. The number of halogens is 1. The molecule has 6 nitrogen and oxygen atoms in total. The van der Waals surface area contributed by atoms with Gasteiger partial charge in [0.15, 0.2) is 11.2 Å². The summed E-state index contributed by atoms with van der Waals surface area (Å²) >= 11 is 3.39. The van der Waals surface area contributed by atoms with Gasteiger partial charge in [-0.3, -0.25) is 14.3 Å². The maximum Gasteiger partial charge on any atom is 0.319 e. The van der Waals surface area contributed by atoms with Crippen LogP contribution in [0.3, 0.4) is 0 Å². The van der Waals surface area contributed by atoms with Gasteiger partial charge in [0.2, 0.25) is 0 Å². The van der Waals surface area contributed by atoms with Crippen molar-refractivity contribution in [3.63, 3.8) is 0 Å². The number of hydrogen-bond acceptors (Lipinski definition) is 4. The first-order valence-electron chi connectivity index (χ1n) is 5.91. The van der Waals surface area contributed by atoms with E-state index in [0.29, 0.717) is 12.3 Å². The van der Waals surface area contributed by atoms with Crippen LogP contribution >= 0.6 is 15.9 Å². The number of ketones is 1. The van der Waals surface area contributed by atoms with Crippen molar-refractivity contribution in [3.05, 3.63) is 15.9 Å². The number of carboxylic acids is 1. The molecule has 1 aliphatic rings. The molecule has 2 rings (SSSR count). The van der Waals surface area contributed by atoms with E-state index in [0.717, 1.165) is 10.2 Å². The van der Waals surface area contributed by atoms with E-state index >= 15 is 0 Å². The number of Topliss-reactive ketones (excluding diaryl/α,β-unsaturated/α-hetero) is 1. The first-order valence-corrected chi connectivity index (χ1v) is 6.70. The Balaban J connectivity index is 2.41. The Labute approximate surface area is 118 Å². The third-order valence-electron chi connectivity index (χ3n) is 3.50. The molecule has 104 valence electrons. The van der Waals surface area contributed by atoms with Crippen molar-refractivity contribution >= 4 is 27.7 Å². The maximum atomic E-state index is 12.1. The van der Waals surface area contributed by atoms with Crippen LogP contribution in [0.4, 0.5) is 0 Å².